The number of rotatable bonds is 3. The summed E-state index contributed by atoms with van der Waals surface area (Å²) in [5.41, 5.74) is 3.11. The van der Waals surface area contributed by atoms with Crippen LogP contribution in [-0.2, 0) is 7.05 Å². The maximum absolute atomic E-state index is 10.0. The molecule has 2 heterocycles. The van der Waals surface area contributed by atoms with E-state index < -0.39 is 5.60 Å². The zero-order valence-electron chi connectivity index (χ0n) is 12.2. The molecule has 18 heavy (non-hydrogen) atoms. The van der Waals surface area contributed by atoms with Gasteiger partial charge in [0.05, 0.1) is 11.3 Å². The lowest BCUT2D eigenvalue weighted by molar-refractivity contribution is 0.0316. The Labute approximate surface area is 110 Å². The molecular weight excluding hydrogens is 226 g/mol. The standard InChI is InChI=1S/C14H25N3O/c1-10-13(11(2)16(5)15-10)12-7-6-8-17(12)9-14(3,4)18/h12,18H,6-9H2,1-5H3/t12-/m1/s1. The van der Waals surface area contributed by atoms with E-state index >= 15 is 0 Å². The van der Waals surface area contributed by atoms with Crippen molar-refractivity contribution in [1.29, 1.82) is 0 Å². The third-order valence-corrected chi connectivity index (χ3v) is 3.85. The Morgan fingerprint density at radius 3 is 2.56 bits per heavy atom. The molecule has 1 fully saturated rings. The van der Waals surface area contributed by atoms with E-state index in [4.69, 9.17) is 0 Å². The SMILES string of the molecule is Cc1nn(C)c(C)c1[C@H]1CCCN1CC(C)(C)O. The summed E-state index contributed by atoms with van der Waals surface area (Å²) in [7, 11) is 2.00. The van der Waals surface area contributed by atoms with Crippen LogP contribution < -0.4 is 0 Å². The van der Waals surface area contributed by atoms with Crippen molar-refractivity contribution in [2.75, 3.05) is 13.1 Å². The van der Waals surface area contributed by atoms with E-state index in [1.807, 2.05) is 25.6 Å². The fraction of sp³-hybridized carbons (Fsp3) is 0.786. The summed E-state index contributed by atoms with van der Waals surface area (Å²) >= 11 is 0. The van der Waals surface area contributed by atoms with Crippen molar-refractivity contribution in [3.63, 3.8) is 0 Å². The second-order valence-corrected chi connectivity index (χ2v) is 6.15. The molecule has 0 unspecified atom stereocenters. The van der Waals surface area contributed by atoms with Crippen LogP contribution in [0.2, 0.25) is 0 Å². The van der Waals surface area contributed by atoms with Gasteiger partial charge >= 0.3 is 0 Å². The zero-order chi connectivity index (χ0) is 13.5. The number of β-amino-alcohol motifs (C(OH)–C–C–N with tert-alkyl or cyclic N) is 1. The lowest BCUT2D eigenvalue weighted by Gasteiger charge is -2.30. The van der Waals surface area contributed by atoms with Gasteiger partial charge in [-0.25, -0.2) is 0 Å². The van der Waals surface area contributed by atoms with Crippen molar-refractivity contribution in [2.45, 2.75) is 52.2 Å². The lowest BCUT2D eigenvalue weighted by atomic mass is 10.0. The van der Waals surface area contributed by atoms with Gasteiger partial charge in [0, 0.05) is 30.9 Å². The number of hydrogen-bond acceptors (Lipinski definition) is 3. The highest BCUT2D eigenvalue weighted by Gasteiger charge is 2.32. The Bertz CT molecular complexity index is 431. The van der Waals surface area contributed by atoms with E-state index in [0.717, 1.165) is 18.8 Å². The van der Waals surface area contributed by atoms with E-state index in [0.29, 0.717) is 6.04 Å². The van der Waals surface area contributed by atoms with Gasteiger partial charge in [-0.1, -0.05) is 0 Å². The summed E-state index contributed by atoms with van der Waals surface area (Å²) in [6.45, 7) is 9.78. The number of aliphatic hydroxyl groups is 1. The summed E-state index contributed by atoms with van der Waals surface area (Å²) in [4.78, 5) is 2.40. The minimum atomic E-state index is -0.632. The quantitative estimate of drug-likeness (QED) is 0.892. The molecule has 0 aliphatic carbocycles. The molecule has 1 atom stereocenters. The predicted octanol–water partition coefficient (Wildman–Crippen LogP) is 1.94. The van der Waals surface area contributed by atoms with Crippen molar-refractivity contribution in [2.24, 2.45) is 7.05 Å². The summed E-state index contributed by atoms with van der Waals surface area (Å²) in [6.07, 6.45) is 2.37. The molecule has 1 N–H and O–H groups in total. The van der Waals surface area contributed by atoms with Crippen LogP contribution in [0.5, 0.6) is 0 Å². The first-order chi connectivity index (χ1) is 8.29. The highest BCUT2D eigenvalue weighted by Crippen LogP contribution is 2.36. The van der Waals surface area contributed by atoms with Gasteiger partial charge < -0.3 is 5.11 Å². The molecule has 4 nitrogen and oxygen atoms in total. The van der Waals surface area contributed by atoms with E-state index in [2.05, 4.69) is 23.8 Å². The van der Waals surface area contributed by atoms with Gasteiger partial charge in [0.15, 0.2) is 0 Å². The van der Waals surface area contributed by atoms with Crippen LogP contribution in [0.3, 0.4) is 0 Å². The number of hydrogen-bond donors (Lipinski definition) is 1. The van der Waals surface area contributed by atoms with Gasteiger partial charge in [0.25, 0.3) is 0 Å². The molecule has 0 radical (unpaired) electrons. The van der Waals surface area contributed by atoms with Gasteiger partial charge in [-0.3, -0.25) is 9.58 Å². The minimum absolute atomic E-state index is 0.421. The van der Waals surface area contributed by atoms with E-state index in [9.17, 15) is 5.11 Å². The van der Waals surface area contributed by atoms with Crippen molar-refractivity contribution >= 4 is 0 Å². The summed E-state index contributed by atoms with van der Waals surface area (Å²) in [6, 6.07) is 0.421. The molecule has 0 spiro atoms. The van der Waals surface area contributed by atoms with E-state index in [1.165, 1.54) is 24.1 Å². The highest BCUT2D eigenvalue weighted by atomic mass is 16.3. The summed E-state index contributed by atoms with van der Waals surface area (Å²) in [5, 5.41) is 14.5. The third kappa shape index (κ3) is 2.59. The molecule has 0 saturated carbocycles. The highest BCUT2D eigenvalue weighted by molar-refractivity contribution is 5.29. The first-order valence-electron chi connectivity index (χ1n) is 6.76. The molecule has 1 aliphatic rings. The molecule has 0 aromatic carbocycles. The van der Waals surface area contributed by atoms with Crippen LogP contribution in [0, 0.1) is 13.8 Å². The maximum atomic E-state index is 10.0. The topological polar surface area (TPSA) is 41.3 Å². The first kappa shape index (κ1) is 13.6. The summed E-state index contributed by atoms with van der Waals surface area (Å²) < 4.78 is 1.96. The Morgan fingerprint density at radius 1 is 1.39 bits per heavy atom. The van der Waals surface area contributed by atoms with Crippen LogP contribution in [0.4, 0.5) is 0 Å². The van der Waals surface area contributed by atoms with Crippen LogP contribution in [0.1, 0.15) is 49.7 Å². The number of aryl methyl sites for hydroxylation is 2. The van der Waals surface area contributed by atoms with Crippen molar-refractivity contribution in [1.82, 2.24) is 14.7 Å². The molecule has 4 heteroatoms. The molecule has 0 bridgehead atoms. The largest absolute Gasteiger partial charge is 0.389 e. The average Bonchev–Trinajstić information content (AvgIpc) is 2.72. The molecule has 1 aromatic heterocycles. The van der Waals surface area contributed by atoms with Gasteiger partial charge in [-0.15, -0.1) is 0 Å². The van der Waals surface area contributed by atoms with Crippen LogP contribution >= 0.6 is 0 Å². The van der Waals surface area contributed by atoms with Gasteiger partial charge in [0.1, 0.15) is 0 Å². The molecule has 1 aromatic rings. The Kier molecular flexibility index (Phi) is 3.52. The fourth-order valence-corrected chi connectivity index (χ4v) is 3.11. The fourth-order valence-electron chi connectivity index (χ4n) is 3.11. The molecule has 1 saturated heterocycles. The van der Waals surface area contributed by atoms with Gasteiger partial charge in [0.2, 0.25) is 0 Å². The smallest absolute Gasteiger partial charge is 0.0718 e. The molecular formula is C14H25N3O. The van der Waals surface area contributed by atoms with Crippen LogP contribution in [0.15, 0.2) is 0 Å². The molecule has 102 valence electrons. The predicted molar refractivity (Wildman–Crippen MR) is 72.5 cm³/mol. The van der Waals surface area contributed by atoms with Crippen molar-refractivity contribution in [3.8, 4) is 0 Å². The minimum Gasteiger partial charge on any atom is -0.389 e. The van der Waals surface area contributed by atoms with E-state index in [-0.39, 0.29) is 0 Å². The van der Waals surface area contributed by atoms with Crippen LogP contribution in [0.25, 0.3) is 0 Å². The second kappa shape index (κ2) is 4.67. The normalized spacial score (nSPS) is 21.8. The van der Waals surface area contributed by atoms with Crippen molar-refractivity contribution in [3.05, 3.63) is 17.0 Å². The third-order valence-electron chi connectivity index (χ3n) is 3.85. The monoisotopic (exact) mass is 251 g/mol. The maximum Gasteiger partial charge on any atom is 0.0718 e. The van der Waals surface area contributed by atoms with Crippen LogP contribution in [-0.4, -0.2) is 38.5 Å². The number of aromatic nitrogens is 2. The van der Waals surface area contributed by atoms with E-state index in [1.54, 1.807) is 0 Å². The number of likely N-dealkylation sites (tertiary alicyclic amines) is 1. The Balaban J connectivity index is 2.26. The Morgan fingerprint density at radius 2 is 2.06 bits per heavy atom. The first-order valence-corrected chi connectivity index (χ1v) is 6.76. The van der Waals surface area contributed by atoms with Gasteiger partial charge in [-0.2, -0.15) is 5.10 Å². The summed E-state index contributed by atoms with van der Waals surface area (Å²) in [5.74, 6) is 0. The average molecular weight is 251 g/mol. The lowest BCUT2D eigenvalue weighted by Crippen LogP contribution is -2.38. The van der Waals surface area contributed by atoms with Crippen molar-refractivity contribution < 1.29 is 5.11 Å². The Hall–Kier alpha value is -0.870. The molecule has 2 rings (SSSR count). The second-order valence-electron chi connectivity index (χ2n) is 6.15. The van der Waals surface area contributed by atoms with Gasteiger partial charge in [-0.05, 0) is 47.1 Å². The zero-order valence-corrected chi connectivity index (χ0v) is 12.2. The number of nitrogens with zero attached hydrogens (tertiary/aromatic N) is 3. The molecule has 0 amide bonds. The molecule has 1 aliphatic heterocycles.